The minimum Gasteiger partial charge on any atom is -0.351 e. The first kappa shape index (κ1) is 18.6. The van der Waals surface area contributed by atoms with E-state index in [1.165, 1.54) is 0 Å². The van der Waals surface area contributed by atoms with Gasteiger partial charge in [0.2, 0.25) is 0 Å². The summed E-state index contributed by atoms with van der Waals surface area (Å²) in [6.45, 7) is 4.25. The SMILES string of the molecule is CC/C=C(\C=NC(C)=N)Nc1ccc(-c2ccc3c(c2)CNC3=O)n2ccnc12.[HH]. The zero-order valence-electron chi connectivity index (χ0n) is 16.4. The number of hydrogen-bond donors (Lipinski definition) is 3. The molecule has 1 amide bonds. The largest absolute Gasteiger partial charge is 0.351 e. The third-order valence-electron chi connectivity index (χ3n) is 4.73. The highest BCUT2D eigenvalue weighted by Gasteiger charge is 2.19. The molecule has 0 saturated heterocycles. The third-order valence-corrected chi connectivity index (χ3v) is 4.73. The Balaban J connectivity index is 0.00000256. The van der Waals surface area contributed by atoms with Gasteiger partial charge < -0.3 is 10.6 Å². The first-order valence-corrected chi connectivity index (χ1v) is 9.51. The van der Waals surface area contributed by atoms with E-state index in [1.807, 2.05) is 40.9 Å². The van der Waals surface area contributed by atoms with Crippen LogP contribution in [0.5, 0.6) is 0 Å². The summed E-state index contributed by atoms with van der Waals surface area (Å²) < 4.78 is 2.02. The fourth-order valence-electron chi connectivity index (χ4n) is 3.42. The molecule has 3 aromatic rings. The van der Waals surface area contributed by atoms with Crippen LogP contribution in [-0.4, -0.2) is 27.3 Å². The fraction of sp³-hybridized carbons (Fsp3) is 0.182. The molecule has 3 heterocycles. The summed E-state index contributed by atoms with van der Waals surface area (Å²) in [6, 6.07) is 9.92. The van der Waals surface area contributed by atoms with Crippen LogP contribution in [0.3, 0.4) is 0 Å². The van der Waals surface area contributed by atoms with Crippen molar-refractivity contribution >= 4 is 29.3 Å². The quantitative estimate of drug-likeness (QED) is 0.450. The molecule has 1 aliphatic rings. The third kappa shape index (κ3) is 3.67. The number of imidazole rings is 1. The maximum absolute atomic E-state index is 11.8. The molecule has 0 spiro atoms. The molecule has 4 rings (SSSR count). The number of nitrogens with one attached hydrogen (secondary N) is 3. The molecular formula is C22H24N6O. The Morgan fingerprint density at radius 3 is 3.07 bits per heavy atom. The highest BCUT2D eigenvalue weighted by atomic mass is 16.1. The molecule has 1 aliphatic heterocycles. The lowest BCUT2D eigenvalue weighted by Gasteiger charge is -2.12. The minimum atomic E-state index is -0.0176. The van der Waals surface area contributed by atoms with Gasteiger partial charge in [-0.2, -0.15) is 0 Å². The van der Waals surface area contributed by atoms with Crippen LogP contribution >= 0.6 is 0 Å². The Morgan fingerprint density at radius 1 is 1.41 bits per heavy atom. The van der Waals surface area contributed by atoms with E-state index in [9.17, 15) is 4.79 Å². The molecule has 3 N–H and O–H groups in total. The monoisotopic (exact) mass is 388 g/mol. The zero-order chi connectivity index (χ0) is 20.4. The van der Waals surface area contributed by atoms with Crippen LogP contribution in [0.25, 0.3) is 16.9 Å². The Kier molecular flexibility index (Phi) is 4.95. The van der Waals surface area contributed by atoms with Gasteiger partial charge in [0, 0.05) is 25.9 Å². The van der Waals surface area contributed by atoms with E-state index < -0.39 is 0 Å². The van der Waals surface area contributed by atoms with Crippen molar-refractivity contribution < 1.29 is 6.22 Å². The number of aliphatic imine (C=N–C) groups is 1. The number of pyridine rings is 1. The summed E-state index contributed by atoms with van der Waals surface area (Å²) in [5, 5.41) is 13.7. The number of nitrogens with zero attached hydrogens (tertiary/aromatic N) is 3. The van der Waals surface area contributed by atoms with Gasteiger partial charge >= 0.3 is 0 Å². The lowest BCUT2D eigenvalue weighted by molar-refractivity contribution is 0.0966. The minimum absolute atomic E-state index is 0. The highest BCUT2D eigenvalue weighted by Crippen LogP contribution is 2.28. The van der Waals surface area contributed by atoms with Crippen molar-refractivity contribution in [3.63, 3.8) is 0 Å². The Hall–Kier alpha value is -3.74. The van der Waals surface area contributed by atoms with E-state index in [4.69, 9.17) is 5.41 Å². The molecule has 29 heavy (non-hydrogen) atoms. The molecule has 0 unspecified atom stereocenters. The molecule has 0 bridgehead atoms. The van der Waals surface area contributed by atoms with Gasteiger partial charge in [-0.05, 0) is 48.7 Å². The first-order valence-electron chi connectivity index (χ1n) is 9.51. The van der Waals surface area contributed by atoms with E-state index in [-0.39, 0.29) is 13.2 Å². The number of carbonyl (C=O) groups is 1. The van der Waals surface area contributed by atoms with Crippen molar-refractivity contribution in [2.45, 2.75) is 26.8 Å². The molecule has 2 aromatic heterocycles. The van der Waals surface area contributed by atoms with E-state index in [0.717, 1.165) is 45.8 Å². The number of benzene rings is 1. The fourth-order valence-corrected chi connectivity index (χ4v) is 3.42. The molecule has 0 atom stereocenters. The predicted octanol–water partition coefficient (Wildman–Crippen LogP) is 4.26. The molecule has 0 aliphatic carbocycles. The van der Waals surface area contributed by atoms with Gasteiger partial charge in [0.05, 0.1) is 23.3 Å². The summed E-state index contributed by atoms with van der Waals surface area (Å²) >= 11 is 0. The number of fused-ring (bicyclic) bond motifs is 2. The number of amides is 1. The standard InChI is InChI=1S/C22H22N6O.H2/c1-3-4-17(13-25-14(2)23)27-19-7-8-20(28-10-9-24-21(19)28)15-5-6-18-16(11-15)12-26-22(18)29;/h4-11,13,23,27H,3,12H2,1-2H3,(H,26,29);1H/b17-4+,23-14?,25-13?;. The molecule has 148 valence electrons. The molecular weight excluding hydrogens is 364 g/mol. The van der Waals surface area contributed by atoms with Gasteiger partial charge in [0.1, 0.15) is 5.84 Å². The lowest BCUT2D eigenvalue weighted by Crippen LogP contribution is -2.12. The lowest BCUT2D eigenvalue weighted by atomic mass is 10.0. The van der Waals surface area contributed by atoms with Crippen LogP contribution < -0.4 is 10.6 Å². The molecule has 0 radical (unpaired) electrons. The summed E-state index contributed by atoms with van der Waals surface area (Å²) in [6.07, 6.45) is 8.21. The van der Waals surface area contributed by atoms with Crippen molar-refractivity contribution in [3.8, 4) is 11.3 Å². The van der Waals surface area contributed by atoms with Crippen molar-refractivity contribution in [1.82, 2.24) is 14.7 Å². The van der Waals surface area contributed by atoms with Crippen LogP contribution in [-0.2, 0) is 6.54 Å². The summed E-state index contributed by atoms with van der Waals surface area (Å²) in [5.74, 6) is 0.232. The second-order valence-electron chi connectivity index (χ2n) is 6.84. The van der Waals surface area contributed by atoms with E-state index in [1.54, 1.807) is 19.3 Å². The number of hydrogen-bond acceptors (Lipinski definition) is 4. The van der Waals surface area contributed by atoms with Crippen molar-refractivity contribution in [2.75, 3.05) is 5.32 Å². The number of rotatable bonds is 5. The molecule has 7 heteroatoms. The van der Waals surface area contributed by atoms with Crippen LogP contribution in [0.1, 0.15) is 37.6 Å². The van der Waals surface area contributed by atoms with E-state index >= 15 is 0 Å². The second-order valence-corrected chi connectivity index (χ2v) is 6.84. The smallest absolute Gasteiger partial charge is 0.251 e. The van der Waals surface area contributed by atoms with Crippen LogP contribution in [0, 0.1) is 5.41 Å². The zero-order valence-corrected chi connectivity index (χ0v) is 16.4. The number of carbonyl (C=O) groups excluding carboxylic acids is 1. The maximum Gasteiger partial charge on any atom is 0.251 e. The van der Waals surface area contributed by atoms with Crippen LogP contribution in [0.2, 0.25) is 0 Å². The van der Waals surface area contributed by atoms with E-state index in [0.29, 0.717) is 6.54 Å². The van der Waals surface area contributed by atoms with Gasteiger partial charge in [-0.15, -0.1) is 0 Å². The number of anilines is 1. The first-order chi connectivity index (χ1) is 14.1. The van der Waals surface area contributed by atoms with Gasteiger partial charge in [0.15, 0.2) is 5.65 Å². The summed E-state index contributed by atoms with van der Waals surface area (Å²) in [4.78, 5) is 20.4. The summed E-state index contributed by atoms with van der Waals surface area (Å²) in [5.41, 5.74) is 6.23. The van der Waals surface area contributed by atoms with Crippen LogP contribution in [0.4, 0.5) is 5.69 Å². The van der Waals surface area contributed by atoms with Gasteiger partial charge in [-0.1, -0.05) is 19.1 Å². The topological polar surface area (TPSA) is 94.6 Å². The van der Waals surface area contributed by atoms with Gasteiger partial charge in [0.25, 0.3) is 5.91 Å². The van der Waals surface area contributed by atoms with Crippen molar-refractivity contribution in [3.05, 3.63) is 65.6 Å². The molecule has 7 nitrogen and oxygen atoms in total. The average Bonchev–Trinajstić information content (AvgIpc) is 3.34. The second kappa shape index (κ2) is 7.71. The summed E-state index contributed by atoms with van der Waals surface area (Å²) in [7, 11) is 0. The normalized spacial score (nSPS) is 13.7. The number of aromatic nitrogens is 2. The van der Waals surface area contributed by atoms with Gasteiger partial charge in [-0.25, -0.2) is 9.98 Å². The maximum atomic E-state index is 11.8. The Bertz CT molecular complexity index is 1180. The molecule has 0 saturated carbocycles. The Labute approximate surface area is 170 Å². The van der Waals surface area contributed by atoms with Crippen molar-refractivity contribution in [1.29, 1.82) is 5.41 Å². The van der Waals surface area contributed by atoms with Crippen LogP contribution in [0.15, 0.2) is 59.5 Å². The Morgan fingerprint density at radius 2 is 2.28 bits per heavy atom. The number of allylic oxidation sites excluding steroid dienone is 2. The van der Waals surface area contributed by atoms with Gasteiger partial charge in [-0.3, -0.25) is 14.6 Å². The predicted molar refractivity (Wildman–Crippen MR) is 118 cm³/mol. The van der Waals surface area contributed by atoms with Crippen molar-refractivity contribution in [2.24, 2.45) is 4.99 Å². The molecule has 1 aromatic carbocycles. The van der Waals surface area contributed by atoms with E-state index in [2.05, 4.69) is 33.6 Å². The highest BCUT2D eigenvalue weighted by molar-refractivity contribution is 5.99. The average molecular weight is 388 g/mol. The molecule has 0 fully saturated rings. The number of amidine groups is 1.